The highest BCUT2D eigenvalue weighted by Crippen LogP contribution is 2.21. The zero-order valence-corrected chi connectivity index (χ0v) is 9.62. The lowest BCUT2D eigenvalue weighted by atomic mass is 9.95. The fraction of sp³-hybridized carbons (Fsp3) is 0.909. The lowest BCUT2D eigenvalue weighted by Crippen LogP contribution is -2.50. The summed E-state index contributed by atoms with van der Waals surface area (Å²) in [5.41, 5.74) is 0. The molecule has 0 aromatic carbocycles. The Kier molecular flexibility index (Phi) is 3.93. The zero-order chi connectivity index (χ0) is 10.7. The second-order valence-corrected chi connectivity index (χ2v) is 4.66. The van der Waals surface area contributed by atoms with Gasteiger partial charge in [0.15, 0.2) is 0 Å². The molecule has 0 aromatic heterocycles. The van der Waals surface area contributed by atoms with Crippen molar-refractivity contribution in [3.63, 3.8) is 0 Å². The average molecular weight is 199 g/mol. The van der Waals surface area contributed by atoms with E-state index in [0.29, 0.717) is 18.4 Å². The summed E-state index contributed by atoms with van der Waals surface area (Å²) in [7, 11) is 0. The van der Waals surface area contributed by atoms with E-state index in [9.17, 15) is 4.79 Å². The molecule has 0 aromatic rings. The minimum atomic E-state index is -0.0478. The highest BCUT2D eigenvalue weighted by atomic mass is 16.5. The normalized spacial score (nSPS) is 18.7. The van der Waals surface area contributed by atoms with E-state index in [1.807, 2.05) is 13.8 Å². The third kappa shape index (κ3) is 3.29. The molecule has 14 heavy (non-hydrogen) atoms. The van der Waals surface area contributed by atoms with Crippen LogP contribution in [0.3, 0.4) is 0 Å². The number of esters is 1. The van der Waals surface area contributed by atoms with Crippen molar-refractivity contribution in [1.29, 1.82) is 0 Å². The van der Waals surface area contributed by atoms with Crippen LogP contribution in [0.1, 0.15) is 34.1 Å². The molecule has 0 atom stereocenters. The molecule has 3 nitrogen and oxygen atoms in total. The minimum absolute atomic E-state index is 0.0174. The minimum Gasteiger partial charge on any atom is -0.463 e. The summed E-state index contributed by atoms with van der Waals surface area (Å²) >= 11 is 0. The fourth-order valence-corrected chi connectivity index (χ4v) is 1.71. The van der Waals surface area contributed by atoms with E-state index in [1.165, 1.54) is 0 Å². The molecule has 0 aliphatic carbocycles. The molecule has 0 radical (unpaired) electrons. The summed E-state index contributed by atoms with van der Waals surface area (Å²) in [5.74, 6) is 0.469. The van der Waals surface area contributed by atoms with Gasteiger partial charge in [0.25, 0.3) is 0 Å². The highest BCUT2D eigenvalue weighted by molar-refractivity contribution is 5.70. The van der Waals surface area contributed by atoms with Crippen LogP contribution in [-0.4, -0.2) is 36.1 Å². The van der Waals surface area contributed by atoms with Gasteiger partial charge in [-0.05, 0) is 33.6 Å². The summed E-state index contributed by atoms with van der Waals surface area (Å²) in [4.78, 5) is 13.7. The standard InChI is InChI=1S/C11H21NO2/c1-8(2)12-6-10(7-12)5-11(13)14-9(3)4/h8-10H,5-7H2,1-4H3. The first-order valence-corrected chi connectivity index (χ1v) is 5.42. The molecule has 0 unspecified atom stereocenters. The van der Waals surface area contributed by atoms with Gasteiger partial charge in [0.1, 0.15) is 0 Å². The number of nitrogens with zero attached hydrogens (tertiary/aromatic N) is 1. The van der Waals surface area contributed by atoms with E-state index < -0.39 is 0 Å². The Morgan fingerprint density at radius 1 is 1.36 bits per heavy atom. The Hall–Kier alpha value is -0.570. The van der Waals surface area contributed by atoms with Crippen molar-refractivity contribution in [2.24, 2.45) is 5.92 Å². The van der Waals surface area contributed by atoms with Crippen molar-refractivity contribution in [2.75, 3.05) is 13.1 Å². The molecule has 1 heterocycles. The number of carbonyl (C=O) groups excluding carboxylic acids is 1. The Balaban J connectivity index is 2.13. The molecule has 1 fully saturated rings. The van der Waals surface area contributed by atoms with E-state index in [1.54, 1.807) is 0 Å². The predicted molar refractivity (Wildman–Crippen MR) is 56.0 cm³/mol. The fourth-order valence-electron chi connectivity index (χ4n) is 1.71. The smallest absolute Gasteiger partial charge is 0.306 e. The summed E-state index contributed by atoms with van der Waals surface area (Å²) in [6.45, 7) is 10.2. The maximum atomic E-state index is 11.3. The molecule has 1 aliphatic rings. The van der Waals surface area contributed by atoms with Gasteiger partial charge in [-0.25, -0.2) is 0 Å². The average Bonchev–Trinajstić information content (AvgIpc) is 1.93. The Morgan fingerprint density at radius 3 is 2.36 bits per heavy atom. The number of hydrogen-bond donors (Lipinski definition) is 0. The van der Waals surface area contributed by atoms with Crippen molar-refractivity contribution >= 4 is 5.97 Å². The van der Waals surface area contributed by atoms with E-state index in [4.69, 9.17) is 4.74 Å². The second kappa shape index (κ2) is 4.78. The number of likely N-dealkylation sites (tertiary alicyclic amines) is 1. The van der Waals surface area contributed by atoms with Gasteiger partial charge in [0.05, 0.1) is 12.5 Å². The molecule has 0 bridgehead atoms. The lowest BCUT2D eigenvalue weighted by Gasteiger charge is -2.41. The van der Waals surface area contributed by atoms with Crippen LogP contribution in [-0.2, 0) is 9.53 Å². The Morgan fingerprint density at radius 2 is 1.93 bits per heavy atom. The topological polar surface area (TPSA) is 29.5 Å². The van der Waals surface area contributed by atoms with Gasteiger partial charge in [-0.1, -0.05) is 0 Å². The van der Waals surface area contributed by atoms with Gasteiger partial charge in [-0.2, -0.15) is 0 Å². The lowest BCUT2D eigenvalue weighted by molar-refractivity contribution is -0.150. The predicted octanol–water partition coefficient (Wildman–Crippen LogP) is 1.67. The van der Waals surface area contributed by atoms with Crippen molar-refractivity contribution in [3.8, 4) is 0 Å². The molecular weight excluding hydrogens is 178 g/mol. The molecule has 0 amide bonds. The molecule has 0 N–H and O–H groups in total. The summed E-state index contributed by atoms with van der Waals surface area (Å²) in [6.07, 6.45) is 0.602. The van der Waals surface area contributed by atoms with Crippen LogP contribution < -0.4 is 0 Å². The second-order valence-electron chi connectivity index (χ2n) is 4.66. The van der Waals surface area contributed by atoms with Crippen LogP contribution in [0.2, 0.25) is 0 Å². The van der Waals surface area contributed by atoms with Crippen molar-refractivity contribution in [3.05, 3.63) is 0 Å². The first-order chi connectivity index (χ1) is 6.49. The number of carbonyl (C=O) groups is 1. The van der Waals surface area contributed by atoms with Crippen molar-refractivity contribution in [1.82, 2.24) is 4.90 Å². The van der Waals surface area contributed by atoms with Gasteiger partial charge in [-0.3, -0.25) is 4.79 Å². The monoisotopic (exact) mass is 199 g/mol. The Bertz CT molecular complexity index is 195. The van der Waals surface area contributed by atoms with Gasteiger partial charge in [0, 0.05) is 19.1 Å². The van der Waals surface area contributed by atoms with Crippen molar-refractivity contribution in [2.45, 2.75) is 46.3 Å². The molecule has 82 valence electrons. The van der Waals surface area contributed by atoms with Gasteiger partial charge in [-0.15, -0.1) is 0 Å². The maximum absolute atomic E-state index is 11.3. The number of hydrogen-bond acceptors (Lipinski definition) is 3. The number of ether oxygens (including phenoxy) is 1. The summed E-state index contributed by atoms with van der Waals surface area (Å²) in [6, 6.07) is 0.604. The van der Waals surface area contributed by atoms with Crippen LogP contribution in [0.25, 0.3) is 0 Å². The molecule has 1 rings (SSSR count). The first kappa shape index (κ1) is 11.5. The van der Waals surface area contributed by atoms with Crippen LogP contribution in [0, 0.1) is 5.92 Å². The third-order valence-corrected chi connectivity index (χ3v) is 2.54. The molecule has 1 saturated heterocycles. The van der Waals surface area contributed by atoms with Gasteiger partial charge >= 0.3 is 5.97 Å². The van der Waals surface area contributed by atoms with Crippen LogP contribution >= 0.6 is 0 Å². The quantitative estimate of drug-likeness (QED) is 0.645. The van der Waals surface area contributed by atoms with Crippen LogP contribution in [0.4, 0.5) is 0 Å². The Labute approximate surface area is 86.4 Å². The summed E-state index contributed by atoms with van der Waals surface area (Å²) in [5, 5.41) is 0. The molecule has 0 spiro atoms. The largest absolute Gasteiger partial charge is 0.463 e. The van der Waals surface area contributed by atoms with E-state index in [-0.39, 0.29) is 12.1 Å². The molecule has 3 heteroatoms. The van der Waals surface area contributed by atoms with Crippen LogP contribution in [0.5, 0.6) is 0 Å². The zero-order valence-electron chi connectivity index (χ0n) is 9.62. The number of rotatable bonds is 4. The van der Waals surface area contributed by atoms with Crippen molar-refractivity contribution < 1.29 is 9.53 Å². The molecular formula is C11H21NO2. The highest BCUT2D eigenvalue weighted by Gasteiger charge is 2.30. The van der Waals surface area contributed by atoms with Crippen LogP contribution in [0.15, 0.2) is 0 Å². The molecule has 1 aliphatic heterocycles. The van der Waals surface area contributed by atoms with Gasteiger partial charge in [0.2, 0.25) is 0 Å². The van der Waals surface area contributed by atoms with E-state index in [0.717, 1.165) is 13.1 Å². The maximum Gasteiger partial charge on any atom is 0.306 e. The first-order valence-electron chi connectivity index (χ1n) is 5.42. The molecule has 0 saturated carbocycles. The summed E-state index contributed by atoms with van der Waals surface area (Å²) < 4.78 is 5.09. The SMILES string of the molecule is CC(C)OC(=O)CC1CN(C(C)C)C1. The third-order valence-electron chi connectivity index (χ3n) is 2.54. The van der Waals surface area contributed by atoms with E-state index in [2.05, 4.69) is 18.7 Å². The van der Waals surface area contributed by atoms with Gasteiger partial charge < -0.3 is 9.64 Å². The van der Waals surface area contributed by atoms with E-state index >= 15 is 0 Å².